The molecule has 0 radical (unpaired) electrons. The molecule has 0 heterocycles. The summed E-state index contributed by atoms with van der Waals surface area (Å²) in [4.78, 5) is 0. The molecule has 2 aliphatic rings. The minimum atomic E-state index is 0.0438. The highest BCUT2D eigenvalue weighted by molar-refractivity contribution is 5.83. The van der Waals surface area contributed by atoms with Crippen molar-refractivity contribution in [3.05, 3.63) is 47.8 Å². The Bertz CT molecular complexity index is 764. The molecule has 2 aromatic carbocycles. The maximum atomic E-state index is 15.2. The minimum Gasteiger partial charge on any atom is -0.206 e. The lowest BCUT2D eigenvalue weighted by atomic mass is 9.63. The highest BCUT2D eigenvalue weighted by Gasteiger charge is 2.36. The SMILES string of the molecule is CCCCCCCC1CCC2CC(c3ccc4ccccc4c3F)CCC2C1. The largest absolute Gasteiger partial charge is 0.206 e. The zero-order valence-electron chi connectivity index (χ0n) is 17.6. The summed E-state index contributed by atoms with van der Waals surface area (Å²) in [5.41, 5.74) is 0.982. The molecule has 0 nitrogen and oxygen atoms in total. The second kappa shape index (κ2) is 9.42. The summed E-state index contributed by atoms with van der Waals surface area (Å²) >= 11 is 0. The Morgan fingerprint density at radius 1 is 0.821 bits per heavy atom. The third-order valence-electron chi connectivity index (χ3n) is 7.77. The van der Waals surface area contributed by atoms with Crippen LogP contribution in [0.3, 0.4) is 0 Å². The Kier molecular flexibility index (Phi) is 6.70. The van der Waals surface area contributed by atoms with Crippen LogP contribution in [0, 0.1) is 23.6 Å². The lowest BCUT2D eigenvalue weighted by molar-refractivity contribution is 0.112. The van der Waals surface area contributed by atoms with Crippen LogP contribution >= 0.6 is 0 Å². The molecule has 0 bridgehead atoms. The molecule has 2 aliphatic carbocycles. The number of hydrogen-bond acceptors (Lipinski definition) is 0. The van der Waals surface area contributed by atoms with Crippen molar-refractivity contribution in [2.24, 2.45) is 17.8 Å². The molecule has 4 unspecified atom stereocenters. The fourth-order valence-electron chi connectivity index (χ4n) is 6.13. The number of benzene rings is 2. The zero-order valence-corrected chi connectivity index (χ0v) is 17.6. The van der Waals surface area contributed by atoms with Gasteiger partial charge in [0.15, 0.2) is 0 Å². The zero-order chi connectivity index (χ0) is 19.3. The van der Waals surface area contributed by atoms with E-state index in [1.165, 1.54) is 77.0 Å². The van der Waals surface area contributed by atoms with Crippen molar-refractivity contribution < 1.29 is 4.39 Å². The Balaban J connectivity index is 1.33. The van der Waals surface area contributed by atoms with Crippen LogP contribution in [0.2, 0.25) is 0 Å². The summed E-state index contributed by atoms with van der Waals surface area (Å²) in [6.07, 6.45) is 16.5. The average Bonchev–Trinajstić information content (AvgIpc) is 2.74. The summed E-state index contributed by atoms with van der Waals surface area (Å²) in [5, 5.41) is 1.82. The van der Waals surface area contributed by atoms with Gasteiger partial charge in [0.25, 0.3) is 0 Å². The number of hydrogen-bond donors (Lipinski definition) is 0. The second-order valence-corrected chi connectivity index (χ2v) is 9.60. The molecule has 152 valence electrons. The van der Waals surface area contributed by atoms with Gasteiger partial charge in [-0.25, -0.2) is 4.39 Å². The predicted octanol–water partition coefficient (Wildman–Crippen LogP) is 8.64. The van der Waals surface area contributed by atoms with E-state index in [2.05, 4.69) is 19.1 Å². The van der Waals surface area contributed by atoms with Crippen LogP contribution in [-0.4, -0.2) is 0 Å². The van der Waals surface area contributed by atoms with Gasteiger partial charge in [0.2, 0.25) is 0 Å². The maximum absolute atomic E-state index is 15.2. The van der Waals surface area contributed by atoms with Gasteiger partial charge in [-0.2, -0.15) is 0 Å². The molecule has 0 N–H and O–H groups in total. The molecule has 28 heavy (non-hydrogen) atoms. The van der Waals surface area contributed by atoms with Crippen molar-refractivity contribution in [1.29, 1.82) is 0 Å². The van der Waals surface area contributed by atoms with Crippen molar-refractivity contribution >= 4 is 10.8 Å². The molecule has 1 heteroatoms. The quantitative estimate of drug-likeness (QED) is 0.422. The van der Waals surface area contributed by atoms with E-state index in [9.17, 15) is 0 Å². The van der Waals surface area contributed by atoms with Crippen LogP contribution < -0.4 is 0 Å². The predicted molar refractivity (Wildman–Crippen MR) is 118 cm³/mol. The average molecular weight is 381 g/mol. The van der Waals surface area contributed by atoms with Crippen LogP contribution in [0.5, 0.6) is 0 Å². The van der Waals surface area contributed by atoms with Crippen molar-refractivity contribution in [3.8, 4) is 0 Å². The minimum absolute atomic E-state index is 0.0438. The van der Waals surface area contributed by atoms with E-state index in [0.29, 0.717) is 5.92 Å². The topological polar surface area (TPSA) is 0 Å². The molecule has 2 aromatic rings. The van der Waals surface area contributed by atoms with E-state index in [4.69, 9.17) is 0 Å². The first kappa shape index (κ1) is 19.9. The first-order valence-corrected chi connectivity index (χ1v) is 11.9. The van der Waals surface area contributed by atoms with Gasteiger partial charge < -0.3 is 0 Å². The molecule has 2 fully saturated rings. The Morgan fingerprint density at radius 2 is 1.61 bits per heavy atom. The number of unbranched alkanes of at least 4 members (excludes halogenated alkanes) is 4. The third-order valence-corrected chi connectivity index (χ3v) is 7.77. The van der Waals surface area contributed by atoms with Crippen molar-refractivity contribution in [2.75, 3.05) is 0 Å². The smallest absolute Gasteiger partial charge is 0.134 e. The van der Waals surface area contributed by atoms with Crippen LogP contribution in [0.1, 0.15) is 95.5 Å². The third kappa shape index (κ3) is 4.44. The Labute approximate surface area is 170 Å². The normalized spacial score (nSPS) is 27.6. The molecule has 0 aromatic heterocycles. The number of halogens is 1. The molecule has 4 atom stereocenters. The first-order chi connectivity index (χ1) is 13.8. The lowest BCUT2D eigenvalue weighted by Crippen LogP contribution is -2.30. The fraction of sp³-hybridized carbons (Fsp3) is 0.630. The molecular formula is C27H37F. The van der Waals surface area contributed by atoms with Crippen LogP contribution in [0.25, 0.3) is 10.8 Å². The number of rotatable bonds is 7. The van der Waals surface area contributed by atoms with Gasteiger partial charge in [-0.15, -0.1) is 0 Å². The van der Waals surface area contributed by atoms with Gasteiger partial charge in [0, 0.05) is 5.39 Å². The summed E-state index contributed by atoms with van der Waals surface area (Å²) in [6.45, 7) is 2.29. The highest BCUT2D eigenvalue weighted by Crippen LogP contribution is 2.49. The summed E-state index contributed by atoms with van der Waals surface area (Å²) < 4.78 is 15.2. The van der Waals surface area contributed by atoms with Gasteiger partial charge >= 0.3 is 0 Å². The standard InChI is InChI=1S/C27H37F/c1-2-3-4-5-6-9-20-12-13-23-19-24(15-14-22(23)18-20)26-17-16-21-10-7-8-11-25(21)27(26)28/h7-8,10-11,16-17,20,22-24H,2-6,9,12-15,18-19H2,1H3. The van der Waals surface area contributed by atoms with E-state index >= 15 is 4.39 Å². The molecule has 0 amide bonds. The maximum Gasteiger partial charge on any atom is 0.134 e. The van der Waals surface area contributed by atoms with E-state index < -0.39 is 0 Å². The van der Waals surface area contributed by atoms with Crippen molar-refractivity contribution in [2.45, 2.75) is 89.9 Å². The Hall–Kier alpha value is -1.37. The molecule has 4 rings (SSSR count). The molecule has 2 saturated carbocycles. The fourth-order valence-corrected chi connectivity index (χ4v) is 6.13. The molecule has 0 saturated heterocycles. The summed E-state index contributed by atoms with van der Waals surface area (Å²) in [6, 6.07) is 12.1. The molecule has 0 aliphatic heterocycles. The van der Waals surface area contributed by atoms with E-state index in [1.54, 1.807) is 0 Å². The first-order valence-electron chi connectivity index (χ1n) is 11.9. The summed E-state index contributed by atoms with van der Waals surface area (Å²) in [5.74, 6) is 3.19. The highest BCUT2D eigenvalue weighted by atomic mass is 19.1. The van der Waals surface area contributed by atoms with Gasteiger partial charge in [0.05, 0.1) is 0 Å². The Morgan fingerprint density at radius 3 is 2.50 bits per heavy atom. The van der Waals surface area contributed by atoms with E-state index in [0.717, 1.165) is 34.1 Å². The summed E-state index contributed by atoms with van der Waals surface area (Å²) in [7, 11) is 0. The monoisotopic (exact) mass is 380 g/mol. The van der Waals surface area contributed by atoms with Gasteiger partial charge in [-0.05, 0) is 66.7 Å². The van der Waals surface area contributed by atoms with E-state index in [-0.39, 0.29) is 5.82 Å². The van der Waals surface area contributed by atoms with Crippen molar-refractivity contribution in [1.82, 2.24) is 0 Å². The van der Waals surface area contributed by atoms with Gasteiger partial charge in [-0.1, -0.05) is 88.3 Å². The lowest BCUT2D eigenvalue weighted by Gasteiger charge is -2.42. The van der Waals surface area contributed by atoms with Crippen LogP contribution in [0.15, 0.2) is 36.4 Å². The van der Waals surface area contributed by atoms with Gasteiger partial charge in [-0.3, -0.25) is 0 Å². The number of fused-ring (bicyclic) bond motifs is 2. The van der Waals surface area contributed by atoms with Crippen LogP contribution in [-0.2, 0) is 0 Å². The van der Waals surface area contributed by atoms with Crippen LogP contribution in [0.4, 0.5) is 4.39 Å². The second-order valence-electron chi connectivity index (χ2n) is 9.60. The van der Waals surface area contributed by atoms with Crippen molar-refractivity contribution in [3.63, 3.8) is 0 Å². The molecule has 0 spiro atoms. The van der Waals surface area contributed by atoms with E-state index in [1.807, 2.05) is 24.3 Å². The molecular weight excluding hydrogens is 343 g/mol. The van der Waals surface area contributed by atoms with Gasteiger partial charge in [0.1, 0.15) is 5.82 Å².